The van der Waals surface area contributed by atoms with Crippen molar-refractivity contribution < 1.29 is 23.9 Å². The molecule has 10 heteroatoms. The van der Waals surface area contributed by atoms with E-state index < -0.39 is 10.9 Å². The molecule has 1 aliphatic rings. The van der Waals surface area contributed by atoms with Crippen LogP contribution in [0.15, 0.2) is 69.8 Å². The van der Waals surface area contributed by atoms with Crippen LogP contribution >= 0.6 is 27.5 Å². The normalized spacial score (nSPS) is 14.0. The number of carbonyl (C=O) groups is 1. The fourth-order valence-electron chi connectivity index (χ4n) is 3.40. The Morgan fingerprint density at radius 3 is 2.71 bits per heavy atom. The average molecular weight is 558 g/mol. The number of aryl methyl sites for hydroxylation is 1. The molecule has 0 bridgehead atoms. The maximum Gasteiger partial charge on any atom is 0.363 e. The number of nitro benzene ring substituents is 1. The number of halogens is 2. The van der Waals surface area contributed by atoms with Crippen molar-refractivity contribution in [2.24, 2.45) is 4.99 Å². The predicted octanol–water partition coefficient (Wildman–Crippen LogP) is 6.25. The zero-order chi connectivity index (χ0) is 25.1. The fraction of sp³-hybridized carbons (Fsp3) is 0.120. The van der Waals surface area contributed by atoms with Gasteiger partial charge < -0.3 is 14.2 Å². The molecule has 4 rings (SSSR count). The van der Waals surface area contributed by atoms with Gasteiger partial charge in [0.25, 0.3) is 5.69 Å². The molecular formula is C25H18BrClN2O6. The Kier molecular flexibility index (Phi) is 7.18. The molecule has 0 saturated carbocycles. The Labute approximate surface area is 214 Å². The summed E-state index contributed by atoms with van der Waals surface area (Å²) >= 11 is 9.36. The molecule has 0 aliphatic carbocycles. The largest absolute Gasteiger partial charge is 0.493 e. The second-order valence-corrected chi connectivity index (χ2v) is 8.83. The number of cyclic esters (lactones) is 1. The van der Waals surface area contributed by atoms with Crippen LogP contribution in [-0.4, -0.2) is 23.9 Å². The lowest BCUT2D eigenvalue weighted by atomic mass is 10.1. The summed E-state index contributed by atoms with van der Waals surface area (Å²) in [6.45, 7) is 2.36. The summed E-state index contributed by atoms with van der Waals surface area (Å²) in [7, 11) is 1.52. The van der Waals surface area contributed by atoms with Crippen molar-refractivity contribution >= 4 is 51.2 Å². The average Bonchev–Trinajstić information content (AvgIpc) is 3.18. The summed E-state index contributed by atoms with van der Waals surface area (Å²) in [5.74, 6) is 0.239. The molecule has 0 atom stereocenters. The number of aliphatic imine (C=N–C) groups is 1. The highest BCUT2D eigenvalue weighted by atomic mass is 79.9. The highest BCUT2D eigenvalue weighted by Crippen LogP contribution is 2.38. The van der Waals surface area contributed by atoms with E-state index >= 15 is 0 Å². The minimum atomic E-state index is -0.688. The lowest BCUT2D eigenvalue weighted by molar-refractivity contribution is -0.384. The summed E-state index contributed by atoms with van der Waals surface area (Å²) in [6, 6.07) is 15.5. The van der Waals surface area contributed by atoms with Gasteiger partial charge in [0, 0.05) is 11.6 Å². The molecule has 0 N–H and O–H groups in total. The van der Waals surface area contributed by atoms with Crippen LogP contribution in [0.5, 0.6) is 11.5 Å². The number of methoxy groups -OCH3 is 1. The first-order chi connectivity index (χ1) is 16.7. The molecule has 0 fully saturated rings. The first-order valence-electron chi connectivity index (χ1n) is 10.3. The second-order valence-electron chi connectivity index (χ2n) is 7.57. The standard InChI is InChI=1S/C25H18BrClN2O6/c1-14-4-3-5-15(8-14)13-34-23-18(26)9-16(11-22(23)33-2)10-20-25(30)35-24(28-20)17-6-7-19(27)21(12-17)29(31)32/h3-12H,13H2,1-2H3/b20-10-. The van der Waals surface area contributed by atoms with Crippen LogP contribution in [0, 0.1) is 17.0 Å². The number of ether oxygens (including phenoxy) is 3. The molecule has 3 aromatic carbocycles. The smallest absolute Gasteiger partial charge is 0.363 e. The van der Waals surface area contributed by atoms with Crippen LogP contribution in [0.1, 0.15) is 22.3 Å². The summed E-state index contributed by atoms with van der Waals surface area (Å²) in [4.78, 5) is 27.2. The lowest BCUT2D eigenvalue weighted by Gasteiger charge is -2.14. The minimum absolute atomic E-state index is 0.0268. The van der Waals surface area contributed by atoms with E-state index in [-0.39, 0.29) is 27.9 Å². The second kappa shape index (κ2) is 10.3. The number of carbonyl (C=O) groups excluding carboxylic acids is 1. The number of benzene rings is 3. The number of hydrogen-bond acceptors (Lipinski definition) is 7. The van der Waals surface area contributed by atoms with Crippen molar-refractivity contribution in [1.29, 1.82) is 0 Å². The molecule has 35 heavy (non-hydrogen) atoms. The van der Waals surface area contributed by atoms with Crippen LogP contribution in [-0.2, 0) is 16.1 Å². The zero-order valence-electron chi connectivity index (χ0n) is 18.6. The molecule has 3 aromatic rings. The number of hydrogen-bond donors (Lipinski definition) is 0. The fourth-order valence-corrected chi connectivity index (χ4v) is 4.16. The molecule has 1 heterocycles. The minimum Gasteiger partial charge on any atom is -0.493 e. The van der Waals surface area contributed by atoms with Gasteiger partial charge in [-0.3, -0.25) is 10.1 Å². The molecule has 0 radical (unpaired) electrons. The third-order valence-corrected chi connectivity index (χ3v) is 5.94. The van der Waals surface area contributed by atoms with E-state index in [0.29, 0.717) is 28.1 Å². The predicted molar refractivity (Wildman–Crippen MR) is 135 cm³/mol. The molecule has 0 saturated heterocycles. The summed E-state index contributed by atoms with van der Waals surface area (Å²) in [5.41, 5.74) is 2.74. The van der Waals surface area contributed by atoms with Crippen molar-refractivity contribution in [3.63, 3.8) is 0 Å². The highest BCUT2D eigenvalue weighted by Gasteiger charge is 2.26. The molecule has 0 aromatic heterocycles. The molecular weight excluding hydrogens is 540 g/mol. The van der Waals surface area contributed by atoms with Crippen molar-refractivity contribution in [1.82, 2.24) is 0 Å². The van der Waals surface area contributed by atoms with Crippen molar-refractivity contribution in [2.45, 2.75) is 13.5 Å². The zero-order valence-corrected chi connectivity index (χ0v) is 20.9. The molecule has 8 nitrogen and oxygen atoms in total. The summed E-state index contributed by atoms with van der Waals surface area (Å²) < 4.78 is 17.3. The van der Waals surface area contributed by atoms with Gasteiger partial charge in [-0.25, -0.2) is 9.79 Å². The first kappa shape index (κ1) is 24.4. The van der Waals surface area contributed by atoms with Crippen LogP contribution in [0.25, 0.3) is 6.08 Å². The van der Waals surface area contributed by atoms with Gasteiger partial charge >= 0.3 is 5.97 Å². The highest BCUT2D eigenvalue weighted by molar-refractivity contribution is 9.10. The summed E-state index contributed by atoms with van der Waals surface area (Å²) in [5, 5.41) is 11.1. The van der Waals surface area contributed by atoms with Gasteiger partial charge in [-0.15, -0.1) is 0 Å². The SMILES string of the molecule is COc1cc(/C=C2\N=C(c3ccc(Cl)c([N+](=O)[O-])c3)OC2=O)cc(Br)c1OCc1cccc(C)c1. The number of esters is 1. The number of nitro groups is 1. The Balaban J connectivity index is 1.61. The van der Waals surface area contributed by atoms with E-state index in [2.05, 4.69) is 20.9 Å². The Morgan fingerprint density at radius 2 is 2.00 bits per heavy atom. The molecule has 178 valence electrons. The van der Waals surface area contributed by atoms with E-state index in [1.54, 1.807) is 12.1 Å². The van der Waals surface area contributed by atoms with Crippen LogP contribution in [0.3, 0.4) is 0 Å². The Bertz CT molecular complexity index is 1400. The van der Waals surface area contributed by atoms with Crippen molar-refractivity contribution in [3.05, 3.63) is 102 Å². The topological polar surface area (TPSA) is 100 Å². The monoisotopic (exact) mass is 556 g/mol. The van der Waals surface area contributed by atoms with Gasteiger partial charge in [-0.05, 0) is 64.3 Å². The Morgan fingerprint density at radius 1 is 1.20 bits per heavy atom. The van der Waals surface area contributed by atoms with E-state index in [1.165, 1.54) is 31.4 Å². The molecule has 0 spiro atoms. The third-order valence-electron chi connectivity index (χ3n) is 5.03. The van der Waals surface area contributed by atoms with Gasteiger partial charge in [-0.2, -0.15) is 0 Å². The quantitative estimate of drug-likeness (QED) is 0.147. The van der Waals surface area contributed by atoms with Gasteiger partial charge in [0.15, 0.2) is 17.2 Å². The van der Waals surface area contributed by atoms with E-state index in [9.17, 15) is 14.9 Å². The summed E-state index contributed by atoms with van der Waals surface area (Å²) in [6.07, 6.45) is 1.53. The number of nitrogens with zero attached hydrogens (tertiary/aromatic N) is 2. The van der Waals surface area contributed by atoms with Crippen molar-refractivity contribution in [2.75, 3.05) is 7.11 Å². The van der Waals surface area contributed by atoms with Gasteiger partial charge in [0.2, 0.25) is 5.90 Å². The maximum absolute atomic E-state index is 12.4. The van der Waals surface area contributed by atoms with E-state index in [0.717, 1.165) is 11.1 Å². The maximum atomic E-state index is 12.4. The lowest BCUT2D eigenvalue weighted by Crippen LogP contribution is -2.06. The molecule has 0 amide bonds. The van der Waals surface area contributed by atoms with E-state index in [1.807, 2.05) is 31.2 Å². The van der Waals surface area contributed by atoms with Crippen LogP contribution < -0.4 is 9.47 Å². The first-order valence-corrected chi connectivity index (χ1v) is 11.4. The van der Waals surface area contributed by atoms with Crippen LogP contribution in [0.2, 0.25) is 5.02 Å². The van der Waals surface area contributed by atoms with E-state index in [4.69, 9.17) is 25.8 Å². The van der Waals surface area contributed by atoms with Crippen LogP contribution in [0.4, 0.5) is 5.69 Å². The third kappa shape index (κ3) is 5.52. The Hall–Kier alpha value is -3.69. The van der Waals surface area contributed by atoms with Gasteiger partial charge in [0.05, 0.1) is 16.5 Å². The van der Waals surface area contributed by atoms with Gasteiger partial charge in [0.1, 0.15) is 11.6 Å². The van der Waals surface area contributed by atoms with Crippen molar-refractivity contribution in [3.8, 4) is 11.5 Å². The van der Waals surface area contributed by atoms with Gasteiger partial charge in [-0.1, -0.05) is 41.4 Å². The molecule has 0 unspecified atom stereocenters. The molecule has 1 aliphatic heterocycles. The number of rotatable bonds is 7.